The second kappa shape index (κ2) is 7.63. The Labute approximate surface area is 193 Å². The SMILES string of the molecule is COc1cc(C(=O)N2CCC3(CC2)Oc2cc(F)ccc2-n2cccc23)ccc1C(C)(C)O.[HH]. The van der Waals surface area contributed by atoms with Gasteiger partial charge in [0.05, 0.1) is 24.1 Å². The molecule has 0 atom stereocenters. The Kier molecular flexibility index (Phi) is 4.97. The Morgan fingerprint density at radius 3 is 2.64 bits per heavy atom. The minimum atomic E-state index is -1.08. The molecule has 0 saturated carbocycles. The number of aliphatic hydroxyl groups is 1. The van der Waals surface area contributed by atoms with Crippen LogP contribution in [-0.4, -0.2) is 40.7 Å². The van der Waals surface area contributed by atoms with Gasteiger partial charge in [-0.1, -0.05) is 6.07 Å². The number of aromatic nitrogens is 1. The zero-order chi connectivity index (χ0) is 23.4. The minimum Gasteiger partial charge on any atom is -0.496 e. The van der Waals surface area contributed by atoms with Crippen LogP contribution in [0.4, 0.5) is 4.39 Å². The zero-order valence-corrected chi connectivity index (χ0v) is 19.0. The normalized spacial score (nSPS) is 16.7. The fraction of sp³-hybridized carbons (Fsp3) is 0.346. The van der Waals surface area contributed by atoms with E-state index in [4.69, 9.17) is 9.47 Å². The molecule has 33 heavy (non-hydrogen) atoms. The maximum absolute atomic E-state index is 13.9. The lowest BCUT2D eigenvalue weighted by molar-refractivity contribution is -0.00953. The van der Waals surface area contributed by atoms with Crippen molar-refractivity contribution in [1.29, 1.82) is 0 Å². The van der Waals surface area contributed by atoms with E-state index in [1.54, 1.807) is 38.1 Å². The van der Waals surface area contributed by atoms with Gasteiger partial charge in [0.1, 0.15) is 17.3 Å². The summed E-state index contributed by atoms with van der Waals surface area (Å²) in [6, 6.07) is 13.7. The summed E-state index contributed by atoms with van der Waals surface area (Å²) in [5.74, 6) is 0.568. The predicted molar refractivity (Wildman–Crippen MR) is 124 cm³/mol. The molecule has 174 valence electrons. The number of fused-ring (bicyclic) bond motifs is 4. The van der Waals surface area contributed by atoms with Crippen molar-refractivity contribution in [1.82, 2.24) is 9.47 Å². The molecule has 7 heteroatoms. The van der Waals surface area contributed by atoms with Crippen LogP contribution in [0.2, 0.25) is 0 Å². The van der Waals surface area contributed by atoms with Gasteiger partial charge in [0.2, 0.25) is 0 Å². The first-order chi connectivity index (χ1) is 15.7. The molecular formula is C26H29FN2O4. The van der Waals surface area contributed by atoms with E-state index in [1.165, 1.54) is 19.2 Å². The smallest absolute Gasteiger partial charge is 0.253 e. The van der Waals surface area contributed by atoms with Crippen LogP contribution in [0.1, 0.15) is 49.7 Å². The standard InChI is InChI=1S/C26H27FN2O4.H2/c1-25(2,31)19-8-6-17(15-21(19)32-3)24(30)28-13-10-26(11-14-28)23-5-4-12-29(23)20-9-7-18(27)16-22(20)33-26;/h4-9,12,15-16,31H,10-11,13-14H2,1-3H3;1H. The fourth-order valence-electron chi connectivity index (χ4n) is 4.94. The first kappa shape index (κ1) is 21.5. The highest BCUT2D eigenvalue weighted by Crippen LogP contribution is 2.45. The van der Waals surface area contributed by atoms with Gasteiger partial charge in [-0.05, 0) is 50.2 Å². The number of piperidine rings is 1. The van der Waals surface area contributed by atoms with Crippen LogP contribution in [0.25, 0.3) is 5.69 Å². The van der Waals surface area contributed by atoms with Crippen molar-refractivity contribution in [2.24, 2.45) is 0 Å². The van der Waals surface area contributed by atoms with Crippen molar-refractivity contribution in [2.75, 3.05) is 20.2 Å². The number of ether oxygens (including phenoxy) is 2. The first-order valence-corrected chi connectivity index (χ1v) is 11.1. The van der Waals surface area contributed by atoms with Crippen molar-refractivity contribution in [3.63, 3.8) is 0 Å². The molecule has 3 aromatic rings. The molecule has 0 bridgehead atoms. The molecule has 1 spiro atoms. The van der Waals surface area contributed by atoms with Gasteiger partial charge in [-0.25, -0.2) is 4.39 Å². The molecule has 2 aliphatic heterocycles. The van der Waals surface area contributed by atoms with E-state index < -0.39 is 11.2 Å². The third-order valence-electron chi connectivity index (χ3n) is 6.67. The van der Waals surface area contributed by atoms with E-state index in [1.807, 2.05) is 23.2 Å². The summed E-state index contributed by atoms with van der Waals surface area (Å²) in [5, 5.41) is 10.4. The summed E-state index contributed by atoms with van der Waals surface area (Å²) in [6.07, 6.45) is 3.15. The van der Waals surface area contributed by atoms with Crippen LogP contribution in [0, 0.1) is 5.82 Å². The molecule has 0 unspecified atom stereocenters. The van der Waals surface area contributed by atoms with Gasteiger partial charge in [-0.3, -0.25) is 4.79 Å². The molecule has 3 heterocycles. The topological polar surface area (TPSA) is 63.9 Å². The Bertz CT molecular complexity index is 1230. The van der Waals surface area contributed by atoms with E-state index in [0.29, 0.717) is 48.6 Å². The average molecular weight is 453 g/mol. The van der Waals surface area contributed by atoms with Gasteiger partial charge in [0, 0.05) is 50.7 Å². The third kappa shape index (κ3) is 3.56. The molecule has 2 aliphatic rings. The van der Waals surface area contributed by atoms with E-state index in [0.717, 1.165) is 11.4 Å². The summed E-state index contributed by atoms with van der Waals surface area (Å²) in [7, 11) is 1.53. The number of hydrogen-bond acceptors (Lipinski definition) is 4. The number of rotatable bonds is 3. The fourth-order valence-corrected chi connectivity index (χ4v) is 4.94. The largest absolute Gasteiger partial charge is 0.496 e. The maximum atomic E-state index is 13.9. The van der Waals surface area contributed by atoms with Crippen LogP contribution in [0.15, 0.2) is 54.7 Å². The van der Waals surface area contributed by atoms with E-state index in [2.05, 4.69) is 4.57 Å². The number of amides is 1. The molecular weight excluding hydrogens is 423 g/mol. The van der Waals surface area contributed by atoms with Crippen LogP contribution in [-0.2, 0) is 11.2 Å². The van der Waals surface area contributed by atoms with Gasteiger partial charge >= 0.3 is 0 Å². The second-order valence-electron chi connectivity index (χ2n) is 9.24. The monoisotopic (exact) mass is 452 g/mol. The first-order valence-electron chi connectivity index (χ1n) is 11.1. The number of benzene rings is 2. The predicted octanol–water partition coefficient (Wildman–Crippen LogP) is 4.62. The highest BCUT2D eigenvalue weighted by Gasteiger charge is 2.44. The number of carbonyl (C=O) groups excluding carboxylic acids is 1. The number of hydrogen-bond donors (Lipinski definition) is 1. The number of carbonyl (C=O) groups is 1. The molecule has 1 aromatic heterocycles. The molecule has 1 fully saturated rings. The molecule has 2 aromatic carbocycles. The quantitative estimate of drug-likeness (QED) is 0.630. The summed E-state index contributed by atoms with van der Waals surface area (Å²) >= 11 is 0. The number of nitrogens with zero attached hydrogens (tertiary/aromatic N) is 2. The summed E-state index contributed by atoms with van der Waals surface area (Å²) < 4.78 is 27.8. The molecule has 0 radical (unpaired) electrons. The Morgan fingerprint density at radius 2 is 1.94 bits per heavy atom. The van der Waals surface area contributed by atoms with Crippen molar-refractivity contribution in [3.8, 4) is 17.2 Å². The van der Waals surface area contributed by atoms with Gasteiger partial charge in [-0.15, -0.1) is 0 Å². The van der Waals surface area contributed by atoms with Crippen molar-refractivity contribution in [2.45, 2.75) is 37.9 Å². The summed E-state index contributed by atoms with van der Waals surface area (Å²) in [5.41, 5.74) is 1.29. The molecule has 5 rings (SSSR count). The van der Waals surface area contributed by atoms with Crippen LogP contribution in [0.3, 0.4) is 0 Å². The van der Waals surface area contributed by atoms with Crippen molar-refractivity contribution >= 4 is 5.91 Å². The summed E-state index contributed by atoms with van der Waals surface area (Å²) in [4.78, 5) is 15.1. The Hall–Kier alpha value is -3.32. The second-order valence-corrected chi connectivity index (χ2v) is 9.24. The molecule has 1 saturated heterocycles. The Balaban J connectivity index is 0.00000274. The number of methoxy groups -OCH3 is 1. The van der Waals surface area contributed by atoms with Crippen LogP contribution >= 0.6 is 0 Å². The maximum Gasteiger partial charge on any atom is 0.253 e. The lowest BCUT2D eigenvalue weighted by Gasteiger charge is -2.45. The van der Waals surface area contributed by atoms with E-state index in [9.17, 15) is 14.3 Å². The minimum absolute atomic E-state index is 0. The van der Waals surface area contributed by atoms with Gasteiger partial charge < -0.3 is 24.0 Å². The van der Waals surface area contributed by atoms with Crippen LogP contribution in [0.5, 0.6) is 11.5 Å². The molecule has 1 N–H and O–H groups in total. The zero-order valence-electron chi connectivity index (χ0n) is 19.0. The highest BCUT2D eigenvalue weighted by atomic mass is 19.1. The average Bonchev–Trinajstić information content (AvgIpc) is 3.29. The van der Waals surface area contributed by atoms with Gasteiger partial charge in [0.15, 0.2) is 5.60 Å². The van der Waals surface area contributed by atoms with E-state index in [-0.39, 0.29) is 13.2 Å². The van der Waals surface area contributed by atoms with Crippen molar-refractivity contribution < 1.29 is 25.2 Å². The molecule has 1 amide bonds. The number of likely N-dealkylation sites (tertiary alicyclic amines) is 1. The Morgan fingerprint density at radius 1 is 1.18 bits per heavy atom. The summed E-state index contributed by atoms with van der Waals surface area (Å²) in [6.45, 7) is 4.37. The lowest BCUT2D eigenvalue weighted by Crippen LogP contribution is -2.50. The molecule has 6 nitrogen and oxygen atoms in total. The highest BCUT2D eigenvalue weighted by molar-refractivity contribution is 5.95. The van der Waals surface area contributed by atoms with E-state index >= 15 is 0 Å². The van der Waals surface area contributed by atoms with Crippen LogP contribution < -0.4 is 9.47 Å². The molecule has 0 aliphatic carbocycles. The number of halogens is 1. The third-order valence-corrected chi connectivity index (χ3v) is 6.67. The lowest BCUT2D eigenvalue weighted by atomic mass is 9.86. The van der Waals surface area contributed by atoms with Gasteiger partial charge in [-0.2, -0.15) is 0 Å². The van der Waals surface area contributed by atoms with Gasteiger partial charge in [0.25, 0.3) is 5.91 Å². The van der Waals surface area contributed by atoms with Crippen molar-refractivity contribution in [3.05, 3.63) is 77.4 Å².